The maximum Gasteiger partial charge on any atom is 0.238 e. The smallest absolute Gasteiger partial charge is 0.238 e. The van der Waals surface area contributed by atoms with Crippen LogP contribution in [0.3, 0.4) is 0 Å². The van der Waals surface area contributed by atoms with Crippen LogP contribution in [-0.2, 0) is 9.53 Å². The molecule has 1 aromatic rings. The van der Waals surface area contributed by atoms with Crippen molar-refractivity contribution in [3.05, 3.63) is 23.8 Å². The number of aryl methyl sites for hydroxylation is 1. The summed E-state index contributed by atoms with van der Waals surface area (Å²) in [6.07, 6.45) is 1.10. The molecular formula is C15H23N3O2. The number of ether oxygens (including phenoxy) is 1. The van der Waals surface area contributed by atoms with Crippen LogP contribution in [0.5, 0.6) is 0 Å². The third-order valence-electron chi connectivity index (χ3n) is 3.66. The molecule has 0 radical (unpaired) electrons. The van der Waals surface area contributed by atoms with Crippen LogP contribution in [-0.4, -0.2) is 44.2 Å². The molecule has 0 bridgehead atoms. The monoisotopic (exact) mass is 277 g/mol. The fraction of sp³-hybridized carbons (Fsp3) is 0.533. The Labute approximate surface area is 120 Å². The first-order chi connectivity index (χ1) is 9.58. The normalized spacial score (nSPS) is 19.2. The predicted octanol–water partition coefficient (Wildman–Crippen LogP) is 1.48. The zero-order chi connectivity index (χ0) is 14.5. The van der Waals surface area contributed by atoms with E-state index in [-0.39, 0.29) is 5.91 Å². The largest absolute Gasteiger partial charge is 0.399 e. The van der Waals surface area contributed by atoms with Crippen LogP contribution in [0.4, 0.5) is 11.4 Å². The van der Waals surface area contributed by atoms with Gasteiger partial charge < -0.3 is 15.8 Å². The highest BCUT2D eigenvalue weighted by Crippen LogP contribution is 2.19. The molecular weight excluding hydrogens is 254 g/mol. The highest BCUT2D eigenvalue weighted by molar-refractivity contribution is 5.93. The third kappa shape index (κ3) is 3.95. The second-order valence-electron chi connectivity index (χ2n) is 5.47. The molecule has 1 aromatic carbocycles. The number of nitrogens with one attached hydrogen (secondary N) is 1. The van der Waals surface area contributed by atoms with Crippen molar-refractivity contribution in [1.29, 1.82) is 0 Å². The van der Waals surface area contributed by atoms with E-state index in [9.17, 15) is 4.79 Å². The van der Waals surface area contributed by atoms with Crippen molar-refractivity contribution in [2.45, 2.75) is 13.3 Å². The maximum atomic E-state index is 12.1. The molecule has 20 heavy (non-hydrogen) atoms. The lowest BCUT2D eigenvalue weighted by atomic mass is 10.1. The number of carbonyl (C=O) groups excluding carboxylic acids is 1. The quantitative estimate of drug-likeness (QED) is 0.800. The average Bonchev–Trinajstić information content (AvgIpc) is 2.81. The van der Waals surface area contributed by atoms with Gasteiger partial charge in [0.15, 0.2) is 0 Å². The fourth-order valence-electron chi connectivity index (χ4n) is 2.65. The van der Waals surface area contributed by atoms with Crippen LogP contribution in [0.25, 0.3) is 0 Å². The average molecular weight is 277 g/mol. The van der Waals surface area contributed by atoms with E-state index in [1.807, 2.05) is 19.1 Å². The van der Waals surface area contributed by atoms with Gasteiger partial charge in [0.25, 0.3) is 0 Å². The maximum absolute atomic E-state index is 12.1. The number of nitrogens with zero attached hydrogens (tertiary/aromatic N) is 1. The van der Waals surface area contributed by atoms with E-state index in [4.69, 9.17) is 10.5 Å². The van der Waals surface area contributed by atoms with E-state index in [1.54, 1.807) is 13.2 Å². The number of likely N-dealkylation sites (tertiary alicyclic amines) is 1. The molecule has 1 amide bonds. The van der Waals surface area contributed by atoms with Crippen molar-refractivity contribution in [2.75, 3.05) is 44.4 Å². The molecule has 0 saturated carbocycles. The molecule has 1 atom stereocenters. The minimum absolute atomic E-state index is 0.0240. The van der Waals surface area contributed by atoms with Crippen LogP contribution < -0.4 is 11.1 Å². The summed E-state index contributed by atoms with van der Waals surface area (Å²) in [5, 5.41) is 2.94. The van der Waals surface area contributed by atoms with Crippen LogP contribution in [0.15, 0.2) is 18.2 Å². The van der Waals surface area contributed by atoms with E-state index in [0.29, 0.717) is 18.2 Å². The van der Waals surface area contributed by atoms with E-state index in [0.717, 1.165) is 37.4 Å². The van der Waals surface area contributed by atoms with Gasteiger partial charge in [-0.1, -0.05) is 0 Å². The van der Waals surface area contributed by atoms with E-state index in [1.165, 1.54) is 0 Å². The first kappa shape index (κ1) is 14.8. The first-order valence-corrected chi connectivity index (χ1v) is 6.95. The van der Waals surface area contributed by atoms with Crippen molar-refractivity contribution in [3.8, 4) is 0 Å². The lowest BCUT2D eigenvalue weighted by Crippen LogP contribution is -2.32. The lowest BCUT2D eigenvalue weighted by molar-refractivity contribution is -0.117. The fourth-order valence-corrected chi connectivity index (χ4v) is 2.65. The van der Waals surface area contributed by atoms with Crippen LogP contribution in [0, 0.1) is 12.8 Å². The van der Waals surface area contributed by atoms with Crippen molar-refractivity contribution in [1.82, 2.24) is 4.90 Å². The Kier molecular flexibility index (Phi) is 4.98. The van der Waals surface area contributed by atoms with E-state index in [2.05, 4.69) is 10.2 Å². The highest BCUT2D eigenvalue weighted by Gasteiger charge is 2.23. The molecule has 1 heterocycles. The molecule has 110 valence electrons. The van der Waals surface area contributed by atoms with Gasteiger partial charge in [0.05, 0.1) is 13.2 Å². The Morgan fingerprint density at radius 2 is 2.35 bits per heavy atom. The molecule has 3 N–H and O–H groups in total. The Bertz CT molecular complexity index is 476. The molecule has 1 saturated heterocycles. The standard InChI is InChI=1S/C15H23N3O2/c1-11-7-13(16)3-4-14(11)17-15(19)9-18-6-5-12(8-18)10-20-2/h3-4,7,12H,5-6,8-10,16H2,1-2H3,(H,17,19). The Hall–Kier alpha value is -1.59. The van der Waals surface area contributed by atoms with Crippen molar-refractivity contribution < 1.29 is 9.53 Å². The Balaban J connectivity index is 1.84. The topological polar surface area (TPSA) is 67.6 Å². The SMILES string of the molecule is COCC1CCN(CC(=O)Nc2ccc(N)cc2C)C1. The van der Waals surface area contributed by atoms with E-state index >= 15 is 0 Å². The summed E-state index contributed by atoms with van der Waals surface area (Å²) in [7, 11) is 1.72. The van der Waals surface area contributed by atoms with Gasteiger partial charge in [0.2, 0.25) is 5.91 Å². The van der Waals surface area contributed by atoms with Crippen molar-refractivity contribution in [3.63, 3.8) is 0 Å². The number of hydrogen-bond donors (Lipinski definition) is 2. The van der Waals surface area contributed by atoms with E-state index < -0.39 is 0 Å². The number of nitrogen functional groups attached to an aromatic ring is 1. The van der Waals surface area contributed by atoms with Gasteiger partial charge in [0.1, 0.15) is 0 Å². The Morgan fingerprint density at radius 3 is 3.05 bits per heavy atom. The summed E-state index contributed by atoms with van der Waals surface area (Å²) in [6.45, 7) is 5.04. The van der Waals surface area contributed by atoms with Gasteiger partial charge in [-0.05, 0) is 49.6 Å². The molecule has 0 aromatic heterocycles. The molecule has 1 aliphatic rings. The number of methoxy groups -OCH3 is 1. The summed E-state index contributed by atoms with van der Waals surface area (Å²) < 4.78 is 5.16. The van der Waals surface area contributed by atoms with Gasteiger partial charge in [-0.25, -0.2) is 0 Å². The molecule has 0 spiro atoms. The van der Waals surface area contributed by atoms with Gasteiger partial charge in [-0.15, -0.1) is 0 Å². The second-order valence-corrected chi connectivity index (χ2v) is 5.47. The highest BCUT2D eigenvalue weighted by atomic mass is 16.5. The molecule has 1 unspecified atom stereocenters. The summed E-state index contributed by atoms with van der Waals surface area (Å²) in [4.78, 5) is 14.2. The molecule has 5 nitrogen and oxygen atoms in total. The molecule has 2 rings (SSSR count). The summed E-state index contributed by atoms with van der Waals surface area (Å²) >= 11 is 0. The number of amides is 1. The van der Waals surface area contributed by atoms with Crippen LogP contribution in [0.1, 0.15) is 12.0 Å². The lowest BCUT2D eigenvalue weighted by Gasteiger charge is -2.16. The van der Waals surface area contributed by atoms with Crippen molar-refractivity contribution in [2.24, 2.45) is 5.92 Å². The number of benzene rings is 1. The number of hydrogen-bond acceptors (Lipinski definition) is 4. The first-order valence-electron chi connectivity index (χ1n) is 6.95. The third-order valence-corrected chi connectivity index (χ3v) is 3.66. The van der Waals surface area contributed by atoms with Crippen LogP contribution in [0.2, 0.25) is 0 Å². The summed E-state index contributed by atoms with van der Waals surface area (Å²) in [5.74, 6) is 0.571. The van der Waals surface area contributed by atoms with Gasteiger partial charge in [0, 0.05) is 25.0 Å². The van der Waals surface area contributed by atoms with Gasteiger partial charge in [-0.3, -0.25) is 9.69 Å². The molecule has 5 heteroatoms. The zero-order valence-corrected chi connectivity index (χ0v) is 12.2. The summed E-state index contributed by atoms with van der Waals surface area (Å²) in [5.41, 5.74) is 8.23. The number of rotatable bonds is 5. The number of nitrogens with two attached hydrogens (primary N) is 1. The minimum Gasteiger partial charge on any atom is -0.399 e. The second kappa shape index (κ2) is 6.72. The molecule has 0 aliphatic carbocycles. The molecule has 1 fully saturated rings. The predicted molar refractivity (Wildman–Crippen MR) is 80.6 cm³/mol. The van der Waals surface area contributed by atoms with Crippen LogP contribution >= 0.6 is 0 Å². The van der Waals surface area contributed by atoms with Gasteiger partial charge >= 0.3 is 0 Å². The van der Waals surface area contributed by atoms with Gasteiger partial charge in [-0.2, -0.15) is 0 Å². The number of carbonyl (C=O) groups is 1. The zero-order valence-electron chi connectivity index (χ0n) is 12.2. The minimum atomic E-state index is 0.0240. The molecule has 1 aliphatic heterocycles. The number of anilines is 2. The van der Waals surface area contributed by atoms with Crippen molar-refractivity contribution >= 4 is 17.3 Å². The Morgan fingerprint density at radius 1 is 1.55 bits per heavy atom. The summed E-state index contributed by atoms with van der Waals surface area (Å²) in [6, 6.07) is 5.51.